The van der Waals surface area contributed by atoms with Crippen molar-refractivity contribution in [2.24, 2.45) is 11.8 Å². The van der Waals surface area contributed by atoms with Crippen LogP contribution in [-0.4, -0.2) is 96.5 Å². The first-order valence-corrected chi connectivity index (χ1v) is 15.6. The SMILES string of the molecule is CC(C)CC(CC(=O)N1CCN(c2ccccc2)CC1)C(=O)N1CCC2C1C(=O)CN2S(=O)(=O)c1ccc[nH]c1=O. The Morgan fingerprint density at radius 3 is 2.34 bits per heavy atom. The summed E-state index contributed by atoms with van der Waals surface area (Å²) in [7, 11) is -4.24. The lowest BCUT2D eigenvalue weighted by Gasteiger charge is -2.37. The van der Waals surface area contributed by atoms with Gasteiger partial charge in [0, 0.05) is 56.9 Å². The van der Waals surface area contributed by atoms with E-state index in [9.17, 15) is 27.6 Å². The molecule has 3 fully saturated rings. The third-order valence-electron chi connectivity index (χ3n) is 8.31. The molecule has 2 aromatic rings. The van der Waals surface area contributed by atoms with Gasteiger partial charge in [0.15, 0.2) is 5.78 Å². The number of rotatable bonds is 8. The molecule has 5 rings (SSSR count). The maximum Gasteiger partial charge on any atom is 0.268 e. The number of pyridine rings is 1. The van der Waals surface area contributed by atoms with Crippen LogP contribution in [-0.2, 0) is 24.4 Å². The van der Waals surface area contributed by atoms with Gasteiger partial charge in [-0.1, -0.05) is 32.0 Å². The van der Waals surface area contributed by atoms with Gasteiger partial charge in [-0.3, -0.25) is 19.2 Å². The van der Waals surface area contributed by atoms with Crippen molar-refractivity contribution >= 4 is 33.3 Å². The number of nitrogens with one attached hydrogen (secondary N) is 1. The number of carbonyl (C=O) groups is 3. The van der Waals surface area contributed by atoms with Crippen molar-refractivity contribution in [1.82, 2.24) is 19.1 Å². The normalized spacial score (nSPS) is 22.3. The van der Waals surface area contributed by atoms with Gasteiger partial charge in [-0.05, 0) is 43.0 Å². The summed E-state index contributed by atoms with van der Waals surface area (Å²) >= 11 is 0. The molecule has 41 heavy (non-hydrogen) atoms. The van der Waals surface area contributed by atoms with Gasteiger partial charge in [0.2, 0.25) is 21.8 Å². The van der Waals surface area contributed by atoms with E-state index in [1.807, 2.05) is 44.2 Å². The molecule has 0 aliphatic carbocycles. The number of nitrogens with zero attached hydrogens (tertiary/aromatic N) is 4. The highest BCUT2D eigenvalue weighted by molar-refractivity contribution is 7.89. The first-order chi connectivity index (χ1) is 19.6. The molecule has 3 saturated heterocycles. The molecule has 4 heterocycles. The topological polar surface area (TPSA) is 131 Å². The van der Waals surface area contributed by atoms with E-state index in [2.05, 4.69) is 9.88 Å². The first-order valence-electron chi connectivity index (χ1n) is 14.2. The number of aromatic amines is 1. The Hall–Kier alpha value is -3.51. The van der Waals surface area contributed by atoms with Gasteiger partial charge < -0.3 is 19.7 Å². The van der Waals surface area contributed by atoms with Gasteiger partial charge in [0.05, 0.1) is 12.6 Å². The Morgan fingerprint density at radius 2 is 1.68 bits per heavy atom. The number of likely N-dealkylation sites (tertiary alicyclic amines) is 1. The maximum atomic E-state index is 13.9. The summed E-state index contributed by atoms with van der Waals surface area (Å²) in [6, 6.07) is 11.0. The standard InChI is InChI=1S/C29H37N5O6S/c1-20(2)17-21(18-26(36)32-15-13-31(14-16-32)22-7-4-3-5-8-22)29(38)33-12-10-23-27(33)24(35)19-34(23)41(39,40)25-9-6-11-30-28(25)37/h3-9,11,20-21,23,27H,10,12-19H2,1-2H3,(H,30,37). The fourth-order valence-corrected chi connectivity index (χ4v) is 8.01. The number of fused-ring (bicyclic) bond motifs is 1. The average Bonchev–Trinajstić information content (AvgIpc) is 3.54. The van der Waals surface area contributed by atoms with E-state index in [0.717, 1.165) is 9.99 Å². The van der Waals surface area contributed by atoms with Gasteiger partial charge >= 0.3 is 0 Å². The van der Waals surface area contributed by atoms with Crippen LogP contribution >= 0.6 is 0 Å². The predicted molar refractivity (Wildman–Crippen MR) is 153 cm³/mol. The number of para-hydroxylation sites is 1. The number of amides is 2. The lowest BCUT2D eigenvalue weighted by atomic mass is 9.91. The second-order valence-electron chi connectivity index (χ2n) is 11.4. The van der Waals surface area contributed by atoms with Crippen LogP contribution in [0.4, 0.5) is 5.69 Å². The van der Waals surface area contributed by atoms with E-state index in [4.69, 9.17) is 0 Å². The van der Waals surface area contributed by atoms with E-state index in [1.165, 1.54) is 23.2 Å². The van der Waals surface area contributed by atoms with Crippen molar-refractivity contribution < 1.29 is 22.8 Å². The predicted octanol–water partition coefficient (Wildman–Crippen LogP) is 1.32. The minimum absolute atomic E-state index is 0.0475. The molecular weight excluding hydrogens is 546 g/mol. The fourth-order valence-electron chi connectivity index (χ4n) is 6.34. The van der Waals surface area contributed by atoms with Crippen molar-refractivity contribution in [3.05, 3.63) is 59.0 Å². The second kappa shape index (κ2) is 11.8. The second-order valence-corrected chi connectivity index (χ2v) is 13.3. The summed E-state index contributed by atoms with van der Waals surface area (Å²) in [5.41, 5.74) is 0.361. The minimum atomic E-state index is -4.24. The molecule has 3 atom stereocenters. The first kappa shape index (κ1) is 29.0. The van der Waals surface area contributed by atoms with Crippen LogP contribution in [0.2, 0.25) is 0 Å². The zero-order valence-corrected chi connectivity index (χ0v) is 24.3. The van der Waals surface area contributed by atoms with Crippen LogP contribution in [0.3, 0.4) is 0 Å². The largest absolute Gasteiger partial charge is 0.368 e. The zero-order valence-electron chi connectivity index (χ0n) is 23.4. The number of benzene rings is 1. The quantitative estimate of drug-likeness (QED) is 0.496. The Balaban J connectivity index is 1.27. The molecule has 0 spiro atoms. The number of hydrogen-bond acceptors (Lipinski definition) is 7. The summed E-state index contributed by atoms with van der Waals surface area (Å²) in [4.78, 5) is 60.1. The molecule has 0 saturated carbocycles. The molecule has 1 aromatic heterocycles. The third-order valence-corrected chi connectivity index (χ3v) is 10.2. The van der Waals surface area contributed by atoms with Crippen molar-refractivity contribution in [3.8, 4) is 0 Å². The van der Waals surface area contributed by atoms with Crippen LogP contribution in [0.5, 0.6) is 0 Å². The number of ketones is 1. The van der Waals surface area contributed by atoms with Crippen molar-refractivity contribution in [3.63, 3.8) is 0 Å². The summed E-state index contributed by atoms with van der Waals surface area (Å²) in [5.74, 6) is -1.20. The van der Waals surface area contributed by atoms with E-state index in [-0.39, 0.29) is 42.9 Å². The number of H-pyrrole nitrogens is 1. The maximum absolute atomic E-state index is 13.9. The molecule has 1 N–H and O–H groups in total. The highest BCUT2D eigenvalue weighted by Gasteiger charge is 2.54. The van der Waals surface area contributed by atoms with Crippen LogP contribution in [0, 0.1) is 11.8 Å². The van der Waals surface area contributed by atoms with E-state index in [1.54, 1.807) is 4.90 Å². The number of Topliss-reactive ketones (excluding diaryl/α,β-unsaturated/α-hetero) is 1. The lowest BCUT2D eigenvalue weighted by Crippen LogP contribution is -2.50. The summed E-state index contributed by atoms with van der Waals surface area (Å²) < 4.78 is 27.7. The number of sulfonamides is 1. The van der Waals surface area contributed by atoms with Crippen LogP contribution in [0.1, 0.15) is 33.1 Å². The number of anilines is 1. The highest BCUT2D eigenvalue weighted by Crippen LogP contribution is 2.35. The van der Waals surface area contributed by atoms with Gasteiger partial charge in [-0.2, -0.15) is 4.31 Å². The fraction of sp³-hybridized carbons (Fsp3) is 0.517. The number of piperazine rings is 1. The molecule has 12 heteroatoms. The zero-order chi connectivity index (χ0) is 29.3. The number of carbonyl (C=O) groups excluding carboxylic acids is 3. The Kier molecular flexibility index (Phi) is 8.32. The average molecular weight is 584 g/mol. The Bertz CT molecular complexity index is 1450. The molecule has 1 aromatic carbocycles. The number of hydrogen-bond donors (Lipinski definition) is 1. The summed E-state index contributed by atoms with van der Waals surface area (Å²) in [6.07, 6.45) is 2.16. The summed E-state index contributed by atoms with van der Waals surface area (Å²) in [6.45, 7) is 6.34. The van der Waals surface area contributed by atoms with Gasteiger partial charge in [-0.25, -0.2) is 8.42 Å². The number of aromatic nitrogens is 1. The molecule has 3 aliphatic heterocycles. The van der Waals surface area contributed by atoms with Crippen LogP contribution in [0.25, 0.3) is 0 Å². The van der Waals surface area contributed by atoms with Gasteiger partial charge in [0.25, 0.3) is 5.56 Å². The molecule has 0 bridgehead atoms. The minimum Gasteiger partial charge on any atom is -0.368 e. The van der Waals surface area contributed by atoms with E-state index < -0.39 is 45.0 Å². The van der Waals surface area contributed by atoms with Crippen LogP contribution in [0.15, 0.2) is 58.4 Å². The van der Waals surface area contributed by atoms with Crippen molar-refractivity contribution in [2.75, 3.05) is 44.2 Å². The monoisotopic (exact) mass is 583 g/mol. The van der Waals surface area contributed by atoms with Crippen molar-refractivity contribution in [2.45, 2.75) is 50.1 Å². The van der Waals surface area contributed by atoms with E-state index >= 15 is 0 Å². The van der Waals surface area contributed by atoms with Crippen molar-refractivity contribution in [1.29, 1.82) is 0 Å². The molecule has 11 nitrogen and oxygen atoms in total. The molecular formula is C29H37N5O6S. The van der Waals surface area contributed by atoms with E-state index in [0.29, 0.717) is 32.6 Å². The Labute approximate surface area is 240 Å². The molecule has 2 amide bonds. The molecule has 3 unspecified atom stereocenters. The summed E-state index contributed by atoms with van der Waals surface area (Å²) in [5, 5.41) is 0. The molecule has 3 aliphatic rings. The van der Waals surface area contributed by atoms with Crippen LogP contribution < -0.4 is 10.5 Å². The third kappa shape index (κ3) is 5.80. The molecule has 0 radical (unpaired) electrons. The lowest BCUT2D eigenvalue weighted by molar-refractivity contribution is -0.144. The molecule has 220 valence electrons. The van der Waals surface area contributed by atoms with Gasteiger partial charge in [0.1, 0.15) is 10.9 Å². The van der Waals surface area contributed by atoms with Gasteiger partial charge in [-0.15, -0.1) is 0 Å². The smallest absolute Gasteiger partial charge is 0.268 e. The highest BCUT2D eigenvalue weighted by atomic mass is 32.2. The Morgan fingerprint density at radius 1 is 0.976 bits per heavy atom.